The number of hydrogen-bond donors (Lipinski definition) is 1. The zero-order chi connectivity index (χ0) is 21.7. The van der Waals surface area contributed by atoms with Gasteiger partial charge in [-0.25, -0.2) is 0 Å². The van der Waals surface area contributed by atoms with E-state index in [4.69, 9.17) is 4.74 Å². The van der Waals surface area contributed by atoms with Crippen LogP contribution in [0.5, 0.6) is 5.75 Å². The van der Waals surface area contributed by atoms with E-state index in [1.54, 1.807) is 14.0 Å². The summed E-state index contributed by atoms with van der Waals surface area (Å²) in [4.78, 5) is 22.8. The summed E-state index contributed by atoms with van der Waals surface area (Å²) in [6.07, 6.45) is 0. The molecule has 0 saturated carbocycles. The maximum Gasteiger partial charge on any atom is 0.269 e. The van der Waals surface area contributed by atoms with Crippen molar-refractivity contribution < 1.29 is 14.5 Å². The summed E-state index contributed by atoms with van der Waals surface area (Å²) in [5.41, 5.74) is 1.28. The lowest BCUT2D eigenvalue weighted by Crippen LogP contribution is -2.23. The lowest BCUT2D eigenvalue weighted by atomic mass is 10.2. The van der Waals surface area contributed by atoms with E-state index in [9.17, 15) is 14.9 Å². The van der Waals surface area contributed by atoms with Gasteiger partial charge < -0.3 is 14.6 Å². The minimum atomic E-state index is -0.485. The average molecular weight is 427 g/mol. The smallest absolute Gasteiger partial charge is 0.269 e. The Balaban J connectivity index is 1.75. The number of aromatic nitrogens is 3. The number of anilines is 1. The monoisotopic (exact) mass is 427 g/mol. The molecule has 0 aliphatic rings. The molecule has 0 unspecified atom stereocenters. The van der Waals surface area contributed by atoms with Gasteiger partial charge in [0.25, 0.3) is 5.69 Å². The average Bonchev–Trinajstić information content (AvgIpc) is 3.16. The number of ether oxygens (including phenoxy) is 1. The molecule has 30 heavy (non-hydrogen) atoms. The Morgan fingerprint density at radius 1 is 1.23 bits per heavy atom. The number of non-ortho nitro benzene ring substituents is 1. The third-order valence-corrected chi connectivity index (χ3v) is 5.46. The van der Waals surface area contributed by atoms with E-state index in [2.05, 4.69) is 15.5 Å². The molecule has 1 amide bonds. The van der Waals surface area contributed by atoms with Crippen LogP contribution >= 0.6 is 11.8 Å². The van der Waals surface area contributed by atoms with Gasteiger partial charge in [-0.05, 0) is 38.1 Å². The molecule has 0 aliphatic carbocycles. The van der Waals surface area contributed by atoms with Gasteiger partial charge in [-0.1, -0.05) is 23.9 Å². The summed E-state index contributed by atoms with van der Waals surface area (Å²) in [6.45, 7) is 4.37. The second kappa shape index (κ2) is 9.40. The number of carbonyl (C=O) groups is 1. The third-order valence-electron chi connectivity index (χ3n) is 4.38. The quantitative estimate of drug-likeness (QED) is 0.328. The molecule has 1 N–H and O–H groups in total. The van der Waals surface area contributed by atoms with E-state index in [0.29, 0.717) is 29.0 Å². The van der Waals surface area contributed by atoms with Gasteiger partial charge in [0.05, 0.1) is 22.8 Å². The van der Waals surface area contributed by atoms with Gasteiger partial charge in [-0.3, -0.25) is 14.9 Å². The molecule has 1 atom stereocenters. The Hall–Kier alpha value is -3.40. The highest BCUT2D eigenvalue weighted by molar-refractivity contribution is 8.00. The molecule has 156 valence electrons. The summed E-state index contributed by atoms with van der Waals surface area (Å²) < 4.78 is 7.35. The molecule has 0 fully saturated rings. The van der Waals surface area contributed by atoms with Gasteiger partial charge in [-0.15, -0.1) is 10.2 Å². The van der Waals surface area contributed by atoms with E-state index in [1.165, 1.54) is 36.0 Å². The molecule has 3 aromatic rings. The number of carbonyl (C=O) groups excluding carboxylic acids is 1. The van der Waals surface area contributed by atoms with Crippen LogP contribution in [0.2, 0.25) is 0 Å². The predicted octanol–water partition coefficient (Wildman–Crippen LogP) is 4.00. The van der Waals surface area contributed by atoms with Crippen molar-refractivity contribution in [2.75, 3.05) is 12.4 Å². The summed E-state index contributed by atoms with van der Waals surface area (Å²) in [5.74, 6) is 1.12. The maximum atomic E-state index is 12.6. The zero-order valence-electron chi connectivity index (χ0n) is 16.7. The normalized spacial score (nSPS) is 11.7. The van der Waals surface area contributed by atoms with Crippen LogP contribution in [0, 0.1) is 10.1 Å². The number of nitrogens with zero attached hydrogens (tertiary/aromatic N) is 4. The van der Waals surface area contributed by atoms with Crippen molar-refractivity contribution >= 4 is 29.0 Å². The number of nitrogens with one attached hydrogen (secondary N) is 1. The molecule has 10 heteroatoms. The maximum absolute atomic E-state index is 12.6. The number of para-hydroxylation sites is 1. The van der Waals surface area contributed by atoms with Crippen molar-refractivity contribution in [3.8, 4) is 17.1 Å². The lowest BCUT2D eigenvalue weighted by Gasteiger charge is -2.13. The van der Waals surface area contributed by atoms with Crippen molar-refractivity contribution in [3.05, 3.63) is 58.6 Å². The highest BCUT2D eigenvalue weighted by Gasteiger charge is 2.21. The Labute approximate surface area is 177 Å². The van der Waals surface area contributed by atoms with E-state index in [0.717, 1.165) is 5.56 Å². The summed E-state index contributed by atoms with van der Waals surface area (Å²) in [6, 6.07) is 13.3. The molecule has 0 saturated heterocycles. The molecule has 9 nitrogen and oxygen atoms in total. The van der Waals surface area contributed by atoms with Crippen molar-refractivity contribution in [1.29, 1.82) is 0 Å². The van der Waals surface area contributed by atoms with E-state index >= 15 is 0 Å². The molecular formula is C20H21N5O4S. The molecule has 1 heterocycles. The molecule has 0 spiro atoms. The van der Waals surface area contributed by atoms with Crippen LogP contribution in [0.15, 0.2) is 53.7 Å². The van der Waals surface area contributed by atoms with Gasteiger partial charge in [0, 0.05) is 24.4 Å². The Morgan fingerprint density at radius 2 is 1.93 bits per heavy atom. The van der Waals surface area contributed by atoms with Crippen LogP contribution in [0.3, 0.4) is 0 Å². The molecule has 3 rings (SSSR count). The number of hydrogen-bond acceptors (Lipinski definition) is 7. The fraction of sp³-hybridized carbons (Fsp3) is 0.250. The zero-order valence-corrected chi connectivity index (χ0v) is 17.5. The van der Waals surface area contributed by atoms with Crippen LogP contribution in [-0.2, 0) is 11.3 Å². The van der Waals surface area contributed by atoms with Crippen molar-refractivity contribution in [2.45, 2.75) is 30.8 Å². The van der Waals surface area contributed by atoms with E-state index in [1.807, 2.05) is 35.8 Å². The highest BCUT2D eigenvalue weighted by atomic mass is 32.2. The molecule has 0 bridgehead atoms. The fourth-order valence-corrected chi connectivity index (χ4v) is 3.72. The van der Waals surface area contributed by atoms with Gasteiger partial charge in [0.2, 0.25) is 5.91 Å². The van der Waals surface area contributed by atoms with E-state index < -0.39 is 10.2 Å². The largest absolute Gasteiger partial charge is 0.496 e. The first-order valence-corrected chi connectivity index (χ1v) is 10.1. The second-order valence-electron chi connectivity index (χ2n) is 6.30. The molecule has 0 radical (unpaired) electrons. The van der Waals surface area contributed by atoms with Crippen LogP contribution in [-0.4, -0.2) is 38.0 Å². The number of thioether (sulfide) groups is 1. The van der Waals surface area contributed by atoms with Gasteiger partial charge in [0.1, 0.15) is 5.75 Å². The van der Waals surface area contributed by atoms with Crippen molar-refractivity contribution in [1.82, 2.24) is 14.8 Å². The van der Waals surface area contributed by atoms with E-state index in [-0.39, 0.29) is 11.6 Å². The minimum absolute atomic E-state index is 0.0321. The summed E-state index contributed by atoms with van der Waals surface area (Å²) in [5, 5.41) is 22.2. The summed E-state index contributed by atoms with van der Waals surface area (Å²) >= 11 is 1.29. The second-order valence-corrected chi connectivity index (χ2v) is 7.61. The van der Waals surface area contributed by atoms with Gasteiger partial charge >= 0.3 is 0 Å². The fourth-order valence-electron chi connectivity index (χ4n) is 2.81. The van der Waals surface area contributed by atoms with Crippen LogP contribution in [0.1, 0.15) is 13.8 Å². The molecule has 0 aliphatic heterocycles. The minimum Gasteiger partial charge on any atom is -0.496 e. The van der Waals surface area contributed by atoms with Crippen LogP contribution in [0.25, 0.3) is 11.4 Å². The number of nitro groups is 1. The predicted molar refractivity (Wildman–Crippen MR) is 115 cm³/mol. The number of benzene rings is 2. The lowest BCUT2D eigenvalue weighted by molar-refractivity contribution is -0.384. The third kappa shape index (κ3) is 4.60. The first kappa shape index (κ1) is 21.3. The van der Waals surface area contributed by atoms with Gasteiger partial charge in [-0.2, -0.15) is 0 Å². The topological polar surface area (TPSA) is 112 Å². The molecule has 2 aromatic carbocycles. The first-order chi connectivity index (χ1) is 14.4. The SMILES string of the molecule is CCn1c(S[C@H](C)C(=O)Nc2ccc([N+](=O)[O-])cc2)nnc1-c1ccccc1OC. The first-order valence-electron chi connectivity index (χ1n) is 9.23. The Kier molecular flexibility index (Phi) is 6.68. The highest BCUT2D eigenvalue weighted by Crippen LogP contribution is 2.32. The van der Waals surface area contributed by atoms with Crippen molar-refractivity contribution in [3.63, 3.8) is 0 Å². The standard InChI is InChI=1S/C20H21N5O4S/c1-4-24-18(16-7-5-6-8-17(16)29-3)22-23-20(24)30-13(2)19(26)21-14-9-11-15(12-10-14)25(27)28/h5-13H,4H2,1-3H3,(H,21,26)/t13-/m1/s1. The number of rotatable bonds is 8. The van der Waals surface area contributed by atoms with Gasteiger partial charge in [0.15, 0.2) is 11.0 Å². The summed E-state index contributed by atoms with van der Waals surface area (Å²) in [7, 11) is 1.60. The Bertz CT molecular complexity index is 1050. The number of methoxy groups -OCH3 is 1. The van der Waals surface area contributed by atoms with Crippen LogP contribution in [0.4, 0.5) is 11.4 Å². The Morgan fingerprint density at radius 3 is 2.57 bits per heavy atom. The number of nitro benzene ring substituents is 1. The van der Waals surface area contributed by atoms with Crippen molar-refractivity contribution in [2.24, 2.45) is 0 Å². The molecular weight excluding hydrogens is 406 g/mol. The number of amides is 1. The molecule has 1 aromatic heterocycles. The van der Waals surface area contributed by atoms with Crippen LogP contribution < -0.4 is 10.1 Å².